The predicted molar refractivity (Wildman–Crippen MR) is 72.6 cm³/mol. The number of carboxylic acids is 1. The van der Waals surface area contributed by atoms with E-state index in [4.69, 9.17) is 11.6 Å². The smallest absolute Gasteiger partial charge is 0.334 e. The highest BCUT2D eigenvalue weighted by atomic mass is 79.9. The summed E-state index contributed by atoms with van der Waals surface area (Å²) in [6.07, 6.45) is -0.0155. The van der Waals surface area contributed by atoms with Crippen LogP contribution in [0.1, 0.15) is 18.9 Å². The van der Waals surface area contributed by atoms with Crippen LogP contribution in [0.3, 0.4) is 0 Å². The summed E-state index contributed by atoms with van der Waals surface area (Å²) in [5, 5.41) is 11.7. The van der Waals surface area contributed by atoms with Crippen LogP contribution in [0.15, 0.2) is 22.7 Å². The molecule has 1 atom stereocenters. The third kappa shape index (κ3) is 3.25. The lowest BCUT2D eigenvalue weighted by molar-refractivity contribution is -0.148. The molecule has 0 aliphatic carbocycles. The van der Waals surface area contributed by atoms with Crippen molar-refractivity contribution in [2.75, 3.05) is 5.88 Å². The van der Waals surface area contributed by atoms with Crippen LogP contribution < -0.4 is 5.32 Å². The first-order valence-electron chi connectivity index (χ1n) is 5.43. The maximum Gasteiger partial charge on any atom is 0.334 e. The molecular weight excluding hydrogens is 340 g/mol. The monoisotopic (exact) mass is 351 g/mol. The van der Waals surface area contributed by atoms with Gasteiger partial charge in [0, 0.05) is 10.0 Å². The second kappa shape index (κ2) is 6.34. The molecule has 4 nitrogen and oxygen atoms in total. The average molecular weight is 353 g/mol. The van der Waals surface area contributed by atoms with Crippen molar-refractivity contribution in [3.8, 4) is 0 Å². The molecule has 1 aromatic rings. The van der Waals surface area contributed by atoms with Crippen LogP contribution in [0, 0.1) is 5.82 Å². The fourth-order valence-electron chi connectivity index (χ4n) is 1.76. The van der Waals surface area contributed by atoms with E-state index in [1.165, 1.54) is 12.1 Å². The van der Waals surface area contributed by atoms with Crippen molar-refractivity contribution in [2.24, 2.45) is 0 Å². The van der Waals surface area contributed by atoms with E-state index in [-0.39, 0.29) is 12.0 Å². The lowest BCUT2D eigenvalue weighted by atomic mass is 9.86. The third-order valence-electron chi connectivity index (χ3n) is 2.76. The lowest BCUT2D eigenvalue weighted by Gasteiger charge is -2.30. The number of carboxylic acid groups (broad SMARTS) is 1. The zero-order valence-electron chi connectivity index (χ0n) is 10.0. The molecule has 0 saturated carbocycles. The third-order valence-corrected chi connectivity index (χ3v) is 3.49. The fourth-order valence-corrected chi connectivity index (χ4v) is 2.19. The number of amides is 1. The minimum absolute atomic E-state index is 0.0155. The van der Waals surface area contributed by atoms with Gasteiger partial charge in [-0.1, -0.05) is 22.9 Å². The molecule has 0 saturated heterocycles. The summed E-state index contributed by atoms with van der Waals surface area (Å²) in [5.41, 5.74) is -1.95. The molecule has 104 valence electrons. The number of rotatable bonds is 5. The Morgan fingerprint density at radius 2 is 2.16 bits per heavy atom. The number of aliphatic carboxylic acids is 1. The van der Waals surface area contributed by atoms with Crippen molar-refractivity contribution in [1.82, 2.24) is 5.32 Å². The average Bonchev–Trinajstić information content (AvgIpc) is 2.38. The van der Waals surface area contributed by atoms with Crippen LogP contribution in [0.5, 0.6) is 0 Å². The van der Waals surface area contributed by atoms with Crippen molar-refractivity contribution in [3.63, 3.8) is 0 Å². The predicted octanol–water partition coefficient (Wildman–Crippen LogP) is 2.63. The van der Waals surface area contributed by atoms with E-state index in [2.05, 4.69) is 21.2 Å². The normalized spacial score (nSPS) is 13.7. The standard InChI is InChI=1S/C12H12BrClFNO3/c1-2-12(11(18)19,16-10(17)6-14)8-5-7(13)3-4-9(8)15/h3-5H,2,6H2,1H3,(H,16,17)(H,18,19). The van der Waals surface area contributed by atoms with Crippen molar-refractivity contribution >= 4 is 39.4 Å². The Labute approximate surface area is 123 Å². The number of alkyl halides is 1. The summed E-state index contributed by atoms with van der Waals surface area (Å²) in [5.74, 6) is -3.12. The number of carbonyl (C=O) groups is 2. The summed E-state index contributed by atoms with van der Waals surface area (Å²) in [4.78, 5) is 22.9. The van der Waals surface area contributed by atoms with E-state index < -0.39 is 29.1 Å². The highest BCUT2D eigenvalue weighted by Crippen LogP contribution is 2.30. The number of hydrogen-bond donors (Lipinski definition) is 2. The molecule has 0 radical (unpaired) electrons. The second-order valence-corrected chi connectivity index (χ2v) is 5.05. The molecular formula is C12H12BrClFNO3. The lowest BCUT2D eigenvalue weighted by Crippen LogP contribution is -2.52. The first-order valence-corrected chi connectivity index (χ1v) is 6.76. The Morgan fingerprint density at radius 3 is 2.63 bits per heavy atom. The Hall–Kier alpha value is -1.14. The Balaban J connectivity index is 3.41. The van der Waals surface area contributed by atoms with Crippen LogP contribution in [0.4, 0.5) is 4.39 Å². The highest BCUT2D eigenvalue weighted by Gasteiger charge is 2.42. The summed E-state index contributed by atoms with van der Waals surface area (Å²) >= 11 is 8.52. The number of hydrogen-bond acceptors (Lipinski definition) is 2. The quantitative estimate of drug-likeness (QED) is 0.801. The Kier molecular flexibility index (Phi) is 5.31. The van der Waals surface area contributed by atoms with Crippen LogP contribution in [0.25, 0.3) is 0 Å². The summed E-state index contributed by atoms with van der Waals surface area (Å²) in [6.45, 7) is 1.54. The van der Waals surface area contributed by atoms with Gasteiger partial charge in [-0.05, 0) is 24.6 Å². The molecule has 7 heteroatoms. The molecule has 1 unspecified atom stereocenters. The number of carbonyl (C=O) groups excluding carboxylic acids is 1. The molecule has 0 spiro atoms. The molecule has 0 bridgehead atoms. The van der Waals surface area contributed by atoms with Crippen molar-refractivity contribution in [1.29, 1.82) is 0 Å². The van der Waals surface area contributed by atoms with E-state index in [1.54, 1.807) is 6.92 Å². The van der Waals surface area contributed by atoms with Crippen molar-refractivity contribution in [2.45, 2.75) is 18.9 Å². The summed E-state index contributed by atoms with van der Waals surface area (Å²) < 4.78 is 14.4. The molecule has 1 rings (SSSR count). The van der Waals surface area contributed by atoms with E-state index >= 15 is 0 Å². The van der Waals surface area contributed by atoms with Gasteiger partial charge in [0.2, 0.25) is 5.91 Å². The van der Waals surface area contributed by atoms with Gasteiger partial charge in [-0.2, -0.15) is 0 Å². The molecule has 19 heavy (non-hydrogen) atoms. The van der Waals surface area contributed by atoms with E-state index in [9.17, 15) is 19.1 Å². The van der Waals surface area contributed by atoms with E-state index in [1.807, 2.05) is 0 Å². The molecule has 1 amide bonds. The number of nitrogens with one attached hydrogen (secondary N) is 1. The molecule has 0 heterocycles. The van der Waals surface area contributed by atoms with E-state index in [0.29, 0.717) is 4.47 Å². The molecule has 0 aliphatic rings. The van der Waals surface area contributed by atoms with Crippen LogP contribution in [0.2, 0.25) is 0 Å². The van der Waals surface area contributed by atoms with Gasteiger partial charge in [0.15, 0.2) is 5.54 Å². The van der Waals surface area contributed by atoms with Gasteiger partial charge in [0.1, 0.15) is 11.7 Å². The molecule has 2 N–H and O–H groups in total. The minimum atomic E-state index is -1.83. The maximum absolute atomic E-state index is 13.9. The topological polar surface area (TPSA) is 66.4 Å². The van der Waals surface area contributed by atoms with Gasteiger partial charge in [0.25, 0.3) is 0 Å². The number of benzene rings is 1. The van der Waals surface area contributed by atoms with Gasteiger partial charge >= 0.3 is 5.97 Å². The van der Waals surface area contributed by atoms with Gasteiger partial charge < -0.3 is 10.4 Å². The Bertz CT molecular complexity index is 512. The zero-order chi connectivity index (χ0) is 14.6. The molecule has 0 aliphatic heterocycles. The van der Waals surface area contributed by atoms with Gasteiger partial charge in [-0.3, -0.25) is 4.79 Å². The van der Waals surface area contributed by atoms with Crippen LogP contribution in [-0.2, 0) is 15.1 Å². The fraction of sp³-hybridized carbons (Fsp3) is 0.333. The minimum Gasteiger partial charge on any atom is -0.479 e. The summed E-state index contributed by atoms with van der Waals surface area (Å²) in [6, 6.07) is 3.92. The van der Waals surface area contributed by atoms with Crippen molar-refractivity contribution < 1.29 is 19.1 Å². The van der Waals surface area contributed by atoms with Gasteiger partial charge in [-0.15, -0.1) is 11.6 Å². The van der Waals surface area contributed by atoms with Crippen LogP contribution >= 0.6 is 27.5 Å². The zero-order valence-corrected chi connectivity index (χ0v) is 12.4. The van der Waals surface area contributed by atoms with Crippen molar-refractivity contribution in [3.05, 3.63) is 34.1 Å². The summed E-state index contributed by atoms with van der Waals surface area (Å²) in [7, 11) is 0. The highest BCUT2D eigenvalue weighted by molar-refractivity contribution is 9.10. The largest absolute Gasteiger partial charge is 0.479 e. The second-order valence-electron chi connectivity index (χ2n) is 3.87. The maximum atomic E-state index is 13.9. The van der Waals surface area contributed by atoms with E-state index in [0.717, 1.165) is 6.07 Å². The van der Waals surface area contributed by atoms with Gasteiger partial charge in [-0.25, -0.2) is 9.18 Å². The number of halogens is 3. The SMILES string of the molecule is CCC(NC(=O)CCl)(C(=O)O)c1cc(Br)ccc1F. The Morgan fingerprint density at radius 1 is 1.53 bits per heavy atom. The molecule has 0 aromatic heterocycles. The first kappa shape index (κ1) is 15.9. The molecule has 1 aromatic carbocycles. The van der Waals surface area contributed by atoms with Crippen LogP contribution in [-0.4, -0.2) is 22.9 Å². The van der Waals surface area contributed by atoms with Gasteiger partial charge in [0.05, 0.1) is 0 Å². The molecule has 0 fully saturated rings. The first-order chi connectivity index (χ1) is 8.87.